The van der Waals surface area contributed by atoms with Gasteiger partial charge in [-0.1, -0.05) is 18.2 Å². The lowest BCUT2D eigenvalue weighted by Gasteiger charge is -2.14. The van der Waals surface area contributed by atoms with E-state index in [-0.39, 0.29) is 25.2 Å². The van der Waals surface area contributed by atoms with Gasteiger partial charge in [0.15, 0.2) is 11.5 Å². The van der Waals surface area contributed by atoms with E-state index in [2.05, 4.69) is 16.0 Å². The molecule has 1 aliphatic rings. The van der Waals surface area contributed by atoms with Crippen LogP contribution < -0.4 is 34.9 Å². The summed E-state index contributed by atoms with van der Waals surface area (Å²) in [4.78, 5) is 25.3. The van der Waals surface area contributed by atoms with E-state index in [1.54, 1.807) is 49.6 Å². The van der Waals surface area contributed by atoms with Crippen molar-refractivity contribution in [2.75, 3.05) is 38.2 Å². The summed E-state index contributed by atoms with van der Waals surface area (Å²) in [6, 6.07) is 17.6. The maximum atomic E-state index is 12.8. The number of anilines is 2. The summed E-state index contributed by atoms with van der Waals surface area (Å²) >= 11 is 0. The standard InChI is InChI=1S/C25H25N3O6/c1-31-17-8-9-20(22(12-17)32-2)28-24(29)14-26-19-6-4-3-5-18(19)25(30)27-13-16-7-10-21-23(11-16)34-15-33-21/h3-12,26H,13-15H2,1-2H3,(H,27,30)(H,28,29). The van der Waals surface area contributed by atoms with Crippen molar-refractivity contribution in [2.45, 2.75) is 6.54 Å². The molecule has 0 unspecified atom stereocenters. The van der Waals surface area contributed by atoms with E-state index in [0.29, 0.717) is 46.5 Å². The SMILES string of the molecule is COc1ccc(NC(=O)CNc2ccccc2C(=O)NCc2ccc3c(c2)OCO3)c(OC)c1. The molecule has 0 aromatic heterocycles. The van der Waals surface area contributed by atoms with Gasteiger partial charge >= 0.3 is 0 Å². The number of carbonyl (C=O) groups excluding carboxylic acids is 2. The third-order valence-corrected chi connectivity index (χ3v) is 5.18. The average Bonchev–Trinajstić information content (AvgIpc) is 3.34. The number of hydrogen-bond acceptors (Lipinski definition) is 7. The number of para-hydroxylation sites is 1. The van der Waals surface area contributed by atoms with Crippen LogP contribution in [0.4, 0.5) is 11.4 Å². The number of carbonyl (C=O) groups is 2. The Morgan fingerprint density at radius 2 is 1.74 bits per heavy atom. The van der Waals surface area contributed by atoms with Crippen LogP contribution in [0.2, 0.25) is 0 Å². The topological polar surface area (TPSA) is 107 Å². The summed E-state index contributed by atoms with van der Waals surface area (Å²) in [6.07, 6.45) is 0. The van der Waals surface area contributed by atoms with E-state index in [1.165, 1.54) is 7.11 Å². The fraction of sp³-hybridized carbons (Fsp3) is 0.200. The van der Waals surface area contributed by atoms with Gasteiger partial charge in [0.25, 0.3) is 5.91 Å². The van der Waals surface area contributed by atoms with E-state index in [4.69, 9.17) is 18.9 Å². The van der Waals surface area contributed by atoms with Gasteiger partial charge in [0.2, 0.25) is 12.7 Å². The molecular formula is C25H25N3O6. The van der Waals surface area contributed by atoms with Crippen LogP contribution in [0.15, 0.2) is 60.7 Å². The number of hydrogen-bond donors (Lipinski definition) is 3. The summed E-state index contributed by atoms with van der Waals surface area (Å²) in [5.41, 5.74) is 2.38. The maximum absolute atomic E-state index is 12.8. The number of nitrogens with one attached hydrogen (secondary N) is 3. The molecule has 1 heterocycles. The number of benzene rings is 3. The molecule has 176 valence electrons. The van der Waals surface area contributed by atoms with Gasteiger partial charge < -0.3 is 34.9 Å². The molecule has 0 spiro atoms. The van der Waals surface area contributed by atoms with Crippen molar-refractivity contribution >= 4 is 23.2 Å². The fourth-order valence-corrected chi connectivity index (χ4v) is 3.44. The first-order valence-electron chi connectivity index (χ1n) is 10.6. The summed E-state index contributed by atoms with van der Waals surface area (Å²) in [7, 11) is 3.07. The van der Waals surface area contributed by atoms with Gasteiger partial charge in [-0.05, 0) is 42.0 Å². The highest BCUT2D eigenvalue weighted by molar-refractivity contribution is 6.01. The zero-order valence-corrected chi connectivity index (χ0v) is 18.8. The predicted molar refractivity (Wildman–Crippen MR) is 127 cm³/mol. The van der Waals surface area contributed by atoms with Gasteiger partial charge in [-0.3, -0.25) is 9.59 Å². The van der Waals surface area contributed by atoms with E-state index in [9.17, 15) is 9.59 Å². The first-order chi connectivity index (χ1) is 16.6. The molecule has 4 rings (SSSR count). The van der Waals surface area contributed by atoms with Crippen LogP contribution in [0.1, 0.15) is 15.9 Å². The lowest BCUT2D eigenvalue weighted by Crippen LogP contribution is -2.26. The van der Waals surface area contributed by atoms with Gasteiger partial charge in [0, 0.05) is 18.3 Å². The molecule has 1 aliphatic heterocycles. The molecule has 0 bridgehead atoms. The molecule has 2 amide bonds. The zero-order valence-electron chi connectivity index (χ0n) is 18.8. The Morgan fingerprint density at radius 3 is 2.56 bits per heavy atom. The Balaban J connectivity index is 1.35. The van der Waals surface area contributed by atoms with Gasteiger partial charge in [-0.15, -0.1) is 0 Å². The monoisotopic (exact) mass is 463 g/mol. The summed E-state index contributed by atoms with van der Waals surface area (Å²) in [5, 5.41) is 8.72. The second kappa shape index (κ2) is 10.5. The molecule has 0 atom stereocenters. The van der Waals surface area contributed by atoms with E-state index < -0.39 is 0 Å². The molecule has 3 aromatic carbocycles. The van der Waals surface area contributed by atoms with Crippen molar-refractivity contribution in [3.05, 3.63) is 71.8 Å². The van der Waals surface area contributed by atoms with Gasteiger partial charge in [0.1, 0.15) is 11.5 Å². The maximum Gasteiger partial charge on any atom is 0.253 e. The predicted octanol–water partition coefficient (Wildman–Crippen LogP) is 3.41. The third kappa shape index (κ3) is 5.32. The number of methoxy groups -OCH3 is 2. The molecule has 3 aromatic rings. The molecule has 0 radical (unpaired) electrons. The Bertz CT molecular complexity index is 1200. The molecule has 9 heteroatoms. The minimum atomic E-state index is -0.293. The molecule has 0 fully saturated rings. The average molecular weight is 463 g/mol. The lowest BCUT2D eigenvalue weighted by molar-refractivity contribution is -0.114. The normalized spacial score (nSPS) is 11.5. The molecule has 0 aliphatic carbocycles. The second-order valence-corrected chi connectivity index (χ2v) is 7.38. The molecule has 3 N–H and O–H groups in total. The lowest BCUT2D eigenvalue weighted by atomic mass is 10.1. The molecule has 34 heavy (non-hydrogen) atoms. The van der Waals surface area contributed by atoms with Crippen LogP contribution in [0.5, 0.6) is 23.0 Å². The summed E-state index contributed by atoms with van der Waals surface area (Å²) < 4.78 is 21.2. The minimum absolute atomic E-state index is 0.0400. The van der Waals surface area contributed by atoms with Crippen molar-refractivity contribution in [3.8, 4) is 23.0 Å². The van der Waals surface area contributed by atoms with Gasteiger partial charge in [-0.2, -0.15) is 0 Å². The highest BCUT2D eigenvalue weighted by Crippen LogP contribution is 2.32. The van der Waals surface area contributed by atoms with Gasteiger partial charge in [-0.25, -0.2) is 0 Å². The zero-order chi connectivity index (χ0) is 23.9. The van der Waals surface area contributed by atoms with Crippen LogP contribution in [0, 0.1) is 0 Å². The molecule has 9 nitrogen and oxygen atoms in total. The first kappa shape index (κ1) is 22.8. The third-order valence-electron chi connectivity index (χ3n) is 5.18. The fourth-order valence-electron chi connectivity index (χ4n) is 3.44. The van der Waals surface area contributed by atoms with Crippen molar-refractivity contribution in [1.82, 2.24) is 5.32 Å². The van der Waals surface area contributed by atoms with Crippen molar-refractivity contribution in [3.63, 3.8) is 0 Å². The quantitative estimate of drug-likeness (QED) is 0.446. The Morgan fingerprint density at radius 1 is 0.912 bits per heavy atom. The van der Waals surface area contributed by atoms with Crippen molar-refractivity contribution in [1.29, 1.82) is 0 Å². The smallest absolute Gasteiger partial charge is 0.253 e. The summed E-state index contributed by atoms with van der Waals surface area (Å²) in [5.74, 6) is 1.89. The van der Waals surface area contributed by atoms with E-state index >= 15 is 0 Å². The Labute approximate surface area is 197 Å². The van der Waals surface area contributed by atoms with Crippen LogP contribution in [-0.2, 0) is 11.3 Å². The van der Waals surface area contributed by atoms with Crippen molar-refractivity contribution < 1.29 is 28.5 Å². The van der Waals surface area contributed by atoms with Crippen molar-refractivity contribution in [2.24, 2.45) is 0 Å². The summed E-state index contributed by atoms with van der Waals surface area (Å²) in [6.45, 7) is 0.478. The Kier molecular flexibility index (Phi) is 7.02. The second-order valence-electron chi connectivity index (χ2n) is 7.38. The first-order valence-corrected chi connectivity index (χ1v) is 10.6. The van der Waals surface area contributed by atoms with Crippen LogP contribution in [0.25, 0.3) is 0 Å². The van der Waals surface area contributed by atoms with Gasteiger partial charge in [0.05, 0.1) is 32.0 Å². The van der Waals surface area contributed by atoms with Crippen LogP contribution in [0.3, 0.4) is 0 Å². The highest BCUT2D eigenvalue weighted by Gasteiger charge is 2.15. The highest BCUT2D eigenvalue weighted by atomic mass is 16.7. The molecule has 0 saturated heterocycles. The van der Waals surface area contributed by atoms with E-state index in [1.807, 2.05) is 18.2 Å². The molecule has 0 saturated carbocycles. The number of amides is 2. The van der Waals surface area contributed by atoms with Crippen LogP contribution >= 0.6 is 0 Å². The number of ether oxygens (including phenoxy) is 4. The Hall–Kier alpha value is -4.40. The number of rotatable bonds is 9. The number of fused-ring (bicyclic) bond motifs is 1. The largest absolute Gasteiger partial charge is 0.497 e. The minimum Gasteiger partial charge on any atom is -0.497 e. The van der Waals surface area contributed by atoms with E-state index in [0.717, 1.165) is 5.56 Å². The van der Waals surface area contributed by atoms with Crippen LogP contribution in [-0.4, -0.2) is 39.4 Å². The molecular weight excluding hydrogens is 438 g/mol.